The maximum Gasteiger partial charge on any atom is 0.315 e. The van der Waals surface area contributed by atoms with Crippen LogP contribution in [0.5, 0.6) is 5.75 Å². The first kappa shape index (κ1) is 15.2. The molecule has 0 unspecified atom stereocenters. The van der Waals surface area contributed by atoms with Gasteiger partial charge in [0, 0.05) is 12.6 Å². The number of hydrogen-bond donors (Lipinski definition) is 3. The molecule has 1 aliphatic rings. The number of ether oxygens (including phenoxy) is 1. The lowest BCUT2D eigenvalue weighted by atomic mass is 10.1. The van der Waals surface area contributed by atoms with E-state index in [9.17, 15) is 9.59 Å². The Morgan fingerprint density at radius 2 is 2.19 bits per heavy atom. The number of carboxylic acids is 1. The predicted octanol–water partition coefficient (Wildman–Crippen LogP) is 1.75. The summed E-state index contributed by atoms with van der Waals surface area (Å²) < 4.78 is 5.12. The minimum Gasteiger partial charge on any atom is -0.497 e. The minimum atomic E-state index is -0.781. The molecule has 1 aliphatic carbocycles. The van der Waals surface area contributed by atoms with E-state index in [1.165, 1.54) is 0 Å². The Hall–Kier alpha value is -2.24. The summed E-state index contributed by atoms with van der Waals surface area (Å²) in [6, 6.07) is 7.14. The highest BCUT2D eigenvalue weighted by atomic mass is 16.5. The first-order chi connectivity index (χ1) is 10.1. The largest absolute Gasteiger partial charge is 0.497 e. The van der Waals surface area contributed by atoms with E-state index < -0.39 is 5.97 Å². The number of aliphatic carboxylic acids is 1. The number of amides is 2. The van der Waals surface area contributed by atoms with Crippen molar-refractivity contribution in [2.45, 2.75) is 31.8 Å². The molecule has 6 heteroatoms. The lowest BCUT2D eigenvalue weighted by Gasteiger charge is -2.13. The average molecular weight is 292 g/mol. The van der Waals surface area contributed by atoms with E-state index in [4.69, 9.17) is 9.84 Å². The molecule has 0 aromatic heterocycles. The number of urea groups is 1. The van der Waals surface area contributed by atoms with Gasteiger partial charge in [0.2, 0.25) is 0 Å². The summed E-state index contributed by atoms with van der Waals surface area (Å²) in [6.07, 6.45) is 1.83. The average Bonchev–Trinajstić information content (AvgIpc) is 2.94. The molecule has 0 radical (unpaired) electrons. The van der Waals surface area contributed by atoms with Crippen LogP contribution >= 0.6 is 0 Å². The molecule has 0 spiro atoms. The van der Waals surface area contributed by atoms with Crippen LogP contribution < -0.4 is 15.4 Å². The summed E-state index contributed by atoms with van der Waals surface area (Å²) in [5, 5.41) is 14.5. The monoisotopic (exact) mass is 292 g/mol. The van der Waals surface area contributed by atoms with E-state index in [1.54, 1.807) is 7.11 Å². The Kier molecular flexibility index (Phi) is 5.03. The SMILES string of the molecule is COc1cccc(CNC(=O)N[C@H]2CC[C@@H](C(=O)O)C2)c1. The molecule has 1 fully saturated rings. The molecule has 1 aromatic rings. The van der Waals surface area contributed by atoms with Crippen LogP contribution in [0.3, 0.4) is 0 Å². The zero-order chi connectivity index (χ0) is 15.2. The smallest absolute Gasteiger partial charge is 0.315 e. The number of hydrogen-bond acceptors (Lipinski definition) is 3. The molecule has 2 amide bonds. The first-order valence-corrected chi connectivity index (χ1v) is 6.98. The standard InChI is InChI=1S/C15H20N2O4/c1-21-13-4-2-3-10(7-13)9-16-15(20)17-12-6-5-11(8-12)14(18)19/h2-4,7,11-12H,5-6,8-9H2,1H3,(H,18,19)(H2,16,17,20)/t11-,12+/m1/s1. The van der Waals surface area contributed by atoms with Gasteiger partial charge in [-0.2, -0.15) is 0 Å². The Bertz CT molecular complexity index is 518. The summed E-state index contributed by atoms with van der Waals surface area (Å²) in [4.78, 5) is 22.7. The van der Waals surface area contributed by atoms with Gasteiger partial charge in [-0.05, 0) is 37.0 Å². The lowest BCUT2D eigenvalue weighted by Crippen LogP contribution is -2.40. The summed E-state index contributed by atoms with van der Waals surface area (Å²) in [6.45, 7) is 0.401. The highest BCUT2D eigenvalue weighted by molar-refractivity contribution is 5.75. The fraction of sp³-hybridized carbons (Fsp3) is 0.467. The molecule has 0 heterocycles. The van der Waals surface area contributed by atoms with Gasteiger partial charge in [0.15, 0.2) is 0 Å². The van der Waals surface area contributed by atoms with Crippen molar-refractivity contribution < 1.29 is 19.4 Å². The van der Waals surface area contributed by atoms with Crippen molar-refractivity contribution in [3.63, 3.8) is 0 Å². The molecule has 114 valence electrons. The molecule has 2 atom stereocenters. The van der Waals surface area contributed by atoms with Crippen LogP contribution in [-0.2, 0) is 11.3 Å². The van der Waals surface area contributed by atoms with E-state index in [2.05, 4.69) is 10.6 Å². The molecule has 3 N–H and O–H groups in total. The van der Waals surface area contributed by atoms with E-state index >= 15 is 0 Å². The molecular formula is C15H20N2O4. The van der Waals surface area contributed by atoms with Crippen molar-refractivity contribution in [3.05, 3.63) is 29.8 Å². The number of carbonyl (C=O) groups excluding carboxylic acids is 1. The maximum atomic E-state index is 11.8. The van der Waals surface area contributed by atoms with Crippen molar-refractivity contribution in [1.82, 2.24) is 10.6 Å². The van der Waals surface area contributed by atoms with Gasteiger partial charge in [0.25, 0.3) is 0 Å². The molecule has 21 heavy (non-hydrogen) atoms. The fourth-order valence-corrected chi connectivity index (χ4v) is 2.54. The van der Waals surface area contributed by atoms with Gasteiger partial charge < -0.3 is 20.5 Å². The van der Waals surface area contributed by atoms with Crippen molar-refractivity contribution in [2.24, 2.45) is 5.92 Å². The van der Waals surface area contributed by atoms with Gasteiger partial charge in [0.1, 0.15) is 5.75 Å². The second kappa shape index (κ2) is 6.97. The number of benzene rings is 1. The maximum absolute atomic E-state index is 11.8. The van der Waals surface area contributed by atoms with Crippen LogP contribution in [0.15, 0.2) is 24.3 Å². The van der Waals surface area contributed by atoms with Crippen LogP contribution in [0, 0.1) is 5.92 Å². The number of methoxy groups -OCH3 is 1. The van der Waals surface area contributed by atoms with Crippen LogP contribution in [0.4, 0.5) is 4.79 Å². The van der Waals surface area contributed by atoms with Crippen LogP contribution in [-0.4, -0.2) is 30.3 Å². The Balaban J connectivity index is 1.76. The second-order valence-electron chi connectivity index (χ2n) is 5.22. The van der Waals surface area contributed by atoms with Gasteiger partial charge >= 0.3 is 12.0 Å². The molecule has 0 aliphatic heterocycles. The third-order valence-electron chi connectivity index (χ3n) is 3.70. The molecule has 2 rings (SSSR count). The minimum absolute atomic E-state index is 0.0589. The first-order valence-electron chi connectivity index (χ1n) is 6.98. The lowest BCUT2D eigenvalue weighted by molar-refractivity contribution is -0.141. The Morgan fingerprint density at radius 3 is 2.86 bits per heavy atom. The fourth-order valence-electron chi connectivity index (χ4n) is 2.54. The number of rotatable bonds is 5. The van der Waals surface area contributed by atoms with Gasteiger partial charge in [-0.3, -0.25) is 4.79 Å². The third kappa shape index (κ3) is 4.37. The van der Waals surface area contributed by atoms with Gasteiger partial charge in [-0.15, -0.1) is 0 Å². The quantitative estimate of drug-likeness (QED) is 0.771. The summed E-state index contributed by atoms with van der Waals surface area (Å²) in [5.41, 5.74) is 0.944. The summed E-state index contributed by atoms with van der Waals surface area (Å²) >= 11 is 0. The highest BCUT2D eigenvalue weighted by Crippen LogP contribution is 2.25. The molecule has 0 bridgehead atoms. The number of carboxylic acid groups (broad SMARTS) is 1. The van der Waals surface area contributed by atoms with Crippen LogP contribution in [0.2, 0.25) is 0 Å². The third-order valence-corrected chi connectivity index (χ3v) is 3.70. The zero-order valence-electron chi connectivity index (χ0n) is 12.0. The topological polar surface area (TPSA) is 87.7 Å². The Morgan fingerprint density at radius 1 is 1.38 bits per heavy atom. The van der Waals surface area contributed by atoms with E-state index in [0.717, 1.165) is 11.3 Å². The molecule has 6 nitrogen and oxygen atoms in total. The molecular weight excluding hydrogens is 272 g/mol. The summed E-state index contributed by atoms with van der Waals surface area (Å²) in [5.74, 6) is -0.375. The summed E-state index contributed by atoms with van der Waals surface area (Å²) in [7, 11) is 1.60. The highest BCUT2D eigenvalue weighted by Gasteiger charge is 2.30. The molecule has 1 saturated carbocycles. The van der Waals surface area contributed by atoms with Gasteiger partial charge in [0.05, 0.1) is 13.0 Å². The molecule has 0 saturated heterocycles. The van der Waals surface area contributed by atoms with Gasteiger partial charge in [-0.1, -0.05) is 12.1 Å². The van der Waals surface area contributed by atoms with Crippen molar-refractivity contribution in [1.29, 1.82) is 0 Å². The van der Waals surface area contributed by atoms with Crippen molar-refractivity contribution >= 4 is 12.0 Å². The van der Waals surface area contributed by atoms with Crippen LogP contribution in [0.1, 0.15) is 24.8 Å². The predicted molar refractivity (Wildman–Crippen MR) is 77.1 cm³/mol. The van der Waals surface area contributed by atoms with E-state index in [0.29, 0.717) is 25.8 Å². The van der Waals surface area contributed by atoms with Crippen LogP contribution in [0.25, 0.3) is 0 Å². The zero-order valence-corrected chi connectivity index (χ0v) is 12.0. The second-order valence-corrected chi connectivity index (χ2v) is 5.22. The van der Waals surface area contributed by atoms with E-state index in [1.807, 2.05) is 24.3 Å². The number of carbonyl (C=O) groups is 2. The van der Waals surface area contributed by atoms with Crippen molar-refractivity contribution in [2.75, 3.05) is 7.11 Å². The Labute approximate surface area is 123 Å². The van der Waals surface area contributed by atoms with E-state index in [-0.39, 0.29) is 18.0 Å². The van der Waals surface area contributed by atoms with Crippen molar-refractivity contribution in [3.8, 4) is 5.75 Å². The molecule has 1 aromatic carbocycles. The van der Waals surface area contributed by atoms with Gasteiger partial charge in [-0.25, -0.2) is 4.79 Å². The normalized spacial score (nSPS) is 20.8. The number of nitrogens with one attached hydrogen (secondary N) is 2.